The van der Waals surface area contributed by atoms with Gasteiger partial charge >= 0.3 is 0 Å². The summed E-state index contributed by atoms with van der Waals surface area (Å²) in [6, 6.07) is 19.1. The lowest BCUT2D eigenvalue weighted by Gasteiger charge is -2.42. The van der Waals surface area contributed by atoms with Crippen LogP contribution in [0.3, 0.4) is 0 Å². The zero-order valence-corrected chi connectivity index (χ0v) is 17.7. The van der Waals surface area contributed by atoms with Crippen molar-refractivity contribution >= 4 is 23.4 Å². The molecule has 0 unspecified atom stereocenters. The van der Waals surface area contributed by atoms with Gasteiger partial charge < -0.3 is 4.90 Å². The highest BCUT2D eigenvalue weighted by Gasteiger charge is 2.38. The topological polar surface area (TPSA) is 47.3 Å². The number of thioether (sulfide) groups is 1. The Hall–Kier alpha value is -2.71. The van der Waals surface area contributed by atoms with Crippen molar-refractivity contribution in [2.24, 2.45) is 0 Å². The predicted molar refractivity (Wildman–Crippen MR) is 118 cm³/mol. The molecule has 2 aliphatic rings. The number of carbonyl (C=O) groups is 1. The van der Waals surface area contributed by atoms with Crippen LogP contribution in [0.25, 0.3) is 0 Å². The van der Waals surface area contributed by atoms with Crippen LogP contribution in [0.2, 0.25) is 0 Å². The third kappa shape index (κ3) is 3.65. The number of nitriles is 1. The number of hydrogen-bond donors (Lipinski definition) is 0. The van der Waals surface area contributed by atoms with Crippen LogP contribution >= 0.6 is 11.8 Å². The number of rotatable bonds is 4. The van der Waals surface area contributed by atoms with Crippen molar-refractivity contribution in [2.75, 3.05) is 17.4 Å². The number of benzene rings is 2. The monoisotopic (exact) mass is 403 g/mol. The molecule has 0 radical (unpaired) electrons. The minimum absolute atomic E-state index is 0.0924. The van der Waals surface area contributed by atoms with E-state index in [9.17, 15) is 10.1 Å². The van der Waals surface area contributed by atoms with Crippen LogP contribution in [0.15, 0.2) is 59.1 Å². The van der Waals surface area contributed by atoms with Crippen LogP contribution in [0.4, 0.5) is 5.69 Å². The van der Waals surface area contributed by atoms with Gasteiger partial charge in [0.2, 0.25) is 5.91 Å². The molecular formula is C24H25N3OS. The standard InChI is InChI=1S/C24H25N3OS/c1-3-17-9-11-19(12-10-17)20-13-23(28)27-15-26(16-29-24(27)21(20)14-25)22-8-6-5-7-18(22)4-2/h5-12,20H,3-4,13,15-16H2,1-2H3/t20-/m1/s1. The predicted octanol–water partition coefficient (Wildman–Crippen LogP) is 5.03. The highest BCUT2D eigenvalue weighted by atomic mass is 32.2. The number of fused-ring (bicyclic) bond motifs is 1. The normalized spacial score (nSPS) is 19.2. The zero-order chi connectivity index (χ0) is 20.4. The molecule has 29 heavy (non-hydrogen) atoms. The van der Waals surface area contributed by atoms with E-state index < -0.39 is 0 Å². The fourth-order valence-electron chi connectivity index (χ4n) is 4.10. The van der Waals surface area contributed by atoms with Crippen LogP contribution in [0.5, 0.6) is 0 Å². The second kappa shape index (κ2) is 8.34. The molecule has 148 valence electrons. The average Bonchev–Trinajstić information content (AvgIpc) is 2.79. The first-order valence-corrected chi connectivity index (χ1v) is 11.1. The van der Waals surface area contributed by atoms with Gasteiger partial charge in [0, 0.05) is 18.0 Å². The first-order chi connectivity index (χ1) is 14.2. The van der Waals surface area contributed by atoms with E-state index in [2.05, 4.69) is 67.3 Å². The number of para-hydroxylation sites is 1. The number of anilines is 1. The molecule has 4 rings (SSSR count). The Balaban J connectivity index is 1.65. The Morgan fingerprint density at radius 3 is 2.55 bits per heavy atom. The molecule has 0 aromatic heterocycles. The molecule has 0 saturated carbocycles. The van der Waals surface area contributed by atoms with E-state index in [-0.39, 0.29) is 11.8 Å². The lowest BCUT2D eigenvalue weighted by Crippen LogP contribution is -2.47. The highest BCUT2D eigenvalue weighted by Crippen LogP contribution is 2.43. The number of nitrogens with zero attached hydrogens (tertiary/aromatic N) is 3. The fraction of sp³-hybridized carbons (Fsp3) is 0.333. The second-order valence-corrected chi connectivity index (χ2v) is 8.37. The van der Waals surface area contributed by atoms with Crippen LogP contribution < -0.4 is 4.90 Å². The van der Waals surface area contributed by atoms with Crippen LogP contribution in [-0.2, 0) is 17.6 Å². The molecule has 2 aromatic rings. The summed E-state index contributed by atoms with van der Waals surface area (Å²) in [5, 5.41) is 10.8. The quantitative estimate of drug-likeness (QED) is 0.718. The molecule has 5 heteroatoms. The first kappa shape index (κ1) is 19.6. The fourth-order valence-corrected chi connectivity index (χ4v) is 5.26. The van der Waals surface area contributed by atoms with Crippen molar-refractivity contribution in [1.82, 2.24) is 4.90 Å². The first-order valence-electron chi connectivity index (χ1n) is 10.1. The van der Waals surface area contributed by atoms with Gasteiger partial charge in [0.1, 0.15) is 0 Å². The third-order valence-corrected chi connectivity index (χ3v) is 6.95. The van der Waals surface area contributed by atoms with Gasteiger partial charge in [-0.3, -0.25) is 9.69 Å². The SMILES string of the molecule is CCc1ccc([C@H]2CC(=O)N3CN(c4ccccc4CC)CSC3=C2C#N)cc1. The van der Waals surface area contributed by atoms with Gasteiger partial charge in [0.15, 0.2) is 0 Å². The summed E-state index contributed by atoms with van der Waals surface area (Å²) in [4.78, 5) is 17.1. The van der Waals surface area contributed by atoms with Crippen LogP contribution in [0.1, 0.15) is 42.9 Å². The molecule has 2 aromatic carbocycles. The molecule has 0 spiro atoms. The van der Waals surface area contributed by atoms with Crippen LogP contribution in [-0.4, -0.2) is 23.4 Å². The second-order valence-electron chi connectivity index (χ2n) is 7.44. The maximum absolute atomic E-state index is 13.1. The number of allylic oxidation sites excluding steroid dienone is 1. The van der Waals surface area contributed by atoms with Crippen molar-refractivity contribution in [3.8, 4) is 6.07 Å². The summed E-state index contributed by atoms with van der Waals surface area (Å²) < 4.78 is 0. The van der Waals surface area contributed by atoms with Crippen LogP contribution in [0, 0.1) is 11.3 Å². The summed E-state index contributed by atoms with van der Waals surface area (Å²) in [7, 11) is 0. The molecule has 2 aliphatic heterocycles. The van der Waals surface area contributed by atoms with Crippen molar-refractivity contribution in [2.45, 2.75) is 39.0 Å². The van der Waals surface area contributed by atoms with Gasteiger partial charge in [-0.1, -0.05) is 68.1 Å². The van der Waals surface area contributed by atoms with Gasteiger partial charge in [-0.15, -0.1) is 0 Å². The number of aryl methyl sites for hydroxylation is 2. The minimum atomic E-state index is -0.147. The van der Waals surface area contributed by atoms with Crippen molar-refractivity contribution in [3.63, 3.8) is 0 Å². The lowest BCUT2D eigenvalue weighted by atomic mass is 9.86. The van der Waals surface area contributed by atoms with Crippen molar-refractivity contribution in [3.05, 3.63) is 75.8 Å². The molecular weight excluding hydrogens is 378 g/mol. The Morgan fingerprint density at radius 2 is 1.86 bits per heavy atom. The molecule has 2 heterocycles. The average molecular weight is 404 g/mol. The molecule has 0 aliphatic carbocycles. The molecule has 1 saturated heterocycles. The Bertz CT molecular complexity index is 990. The maximum Gasteiger partial charge on any atom is 0.229 e. The van der Waals surface area contributed by atoms with E-state index in [1.54, 1.807) is 16.7 Å². The molecule has 0 bridgehead atoms. The summed E-state index contributed by atoms with van der Waals surface area (Å²) >= 11 is 1.60. The zero-order valence-electron chi connectivity index (χ0n) is 16.9. The van der Waals surface area contributed by atoms with Crippen molar-refractivity contribution < 1.29 is 4.79 Å². The molecule has 1 atom stereocenters. The van der Waals surface area contributed by atoms with Gasteiger partial charge in [0.05, 0.1) is 29.2 Å². The van der Waals surface area contributed by atoms with Gasteiger partial charge in [-0.25, -0.2) is 0 Å². The number of hydrogen-bond acceptors (Lipinski definition) is 4. The van der Waals surface area contributed by atoms with E-state index >= 15 is 0 Å². The number of carbonyl (C=O) groups excluding carboxylic acids is 1. The van der Waals surface area contributed by atoms with E-state index in [0.717, 1.165) is 34.9 Å². The van der Waals surface area contributed by atoms with Crippen molar-refractivity contribution in [1.29, 1.82) is 5.26 Å². The van der Waals surface area contributed by atoms with E-state index in [1.165, 1.54) is 16.8 Å². The molecule has 1 fully saturated rings. The summed E-state index contributed by atoms with van der Waals surface area (Å²) in [5.74, 6) is 0.685. The highest BCUT2D eigenvalue weighted by molar-refractivity contribution is 8.03. The largest absolute Gasteiger partial charge is 0.343 e. The summed E-state index contributed by atoms with van der Waals surface area (Å²) in [5.41, 5.74) is 5.49. The summed E-state index contributed by atoms with van der Waals surface area (Å²) in [6.45, 7) is 4.78. The van der Waals surface area contributed by atoms with E-state index in [1.807, 2.05) is 6.07 Å². The van der Waals surface area contributed by atoms with Gasteiger partial charge in [-0.2, -0.15) is 5.26 Å². The van der Waals surface area contributed by atoms with Gasteiger partial charge in [-0.05, 0) is 35.6 Å². The molecule has 1 amide bonds. The smallest absolute Gasteiger partial charge is 0.229 e. The maximum atomic E-state index is 13.1. The van der Waals surface area contributed by atoms with Gasteiger partial charge in [0.25, 0.3) is 0 Å². The summed E-state index contributed by atoms with van der Waals surface area (Å²) in [6.07, 6.45) is 2.28. The lowest BCUT2D eigenvalue weighted by molar-refractivity contribution is -0.129. The molecule has 0 N–H and O–H groups in total. The molecule has 4 nitrogen and oxygen atoms in total. The van der Waals surface area contributed by atoms with E-state index in [4.69, 9.17) is 0 Å². The third-order valence-electron chi connectivity index (χ3n) is 5.80. The Labute approximate surface area is 176 Å². The Kier molecular flexibility index (Phi) is 5.64. The number of amides is 1. The minimum Gasteiger partial charge on any atom is -0.343 e. The Morgan fingerprint density at radius 1 is 1.10 bits per heavy atom. The van der Waals surface area contributed by atoms with E-state index in [0.29, 0.717) is 13.1 Å².